The van der Waals surface area contributed by atoms with Gasteiger partial charge in [-0.25, -0.2) is 4.79 Å². The number of hydrogen-bond donors (Lipinski definition) is 3. The molecule has 0 fully saturated rings. The summed E-state index contributed by atoms with van der Waals surface area (Å²) in [7, 11) is 0. The van der Waals surface area contributed by atoms with Gasteiger partial charge in [0.15, 0.2) is 0 Å². The molecular weight excluding hydrogens is 624 g/mol. The van der Waals surface area contributed by atoms with Gasteiger partial charge < -0.3 is 34.9 Å². The Morgan fingerprint density at radius 1 is 0.896 bits per heavy atom. The lowest BCUT2D eigenvalue weighted by atomic mass is 9.89. The predicted molar refractivity (Wildman–Crippen MR) is 179 cm³/mol. The molecule has 48 heavy (non-hydrogen) atoms. The number of azide groups is 1. The standard InChI is InChI=1S/C33H52N6O9/c1-23(2)28(20-27(40)13-16-45-18-19-46-17-15-36-39-34)31(43)37-24(3)30(42)38-26-11-9-25(10-12-26)21-47-32(44)35-14-7-8-29(41)48-22-33(4,5)6/h9-12,23-24,28H,7-8,13-22H2,1-6H3,(H,35,44)(H,37,43)(H,38,42)/t24-,28-/m0/s1. The first-order valence-corrected chi connectivity index (χ1v) is 16.2. The summed E-state index contributed by atoms with van der Waals surface area (Å²) >= 11 is 0. The monoisotopic (exact) mass is 676 g/mol. The van der Waals surface area contributed by atoms with Crippen molar-refractivity contribution in [1.29, 1.82) is 0 Å². The number of anilines is 1. The lowest BCUT2D eigenvalue weighted by Crippen LogP contribution is -2.45. The number of nitrogens with zero attached hydrogens (tertiary/aromatic N) is 3. The van der Waals surface area contributed by atoms with E-state index in [2.05, 4.69) is 26.0 Å². The smallest absolute Gasteiger partial charge is 0.407 e. The maximum atomic E-state index is 13.0. The van der Waals surface area contributed by atoms with Crippen molar-refractivity contribution in [3.63, 3.8) is 0 Å². The van der Waals surface area contributed by atoms with Crippen LogP contribution in [0.1, 0.15) is 72.8 Å². The molecule has 2 atom stereocenters. The Bertz CT molecular complexity index is 1210. The summed E-state index contributed by atoms with van der Waals surface area (Å²) in [6.07, 6.45) is 0.182. The van der Waals surface area contributed by atoms with Crippen LogP contribution in [0.5, 0.6) is 0 Å². The number of ketones is 1. The zero-order valence-electron chi connectivity index (χ0n) is 29.0. The van der Waals surface area contributed by atoms with Crippen molar-refractivity contribution in [2.45, 2.75) is 79.9 Å². The molecule has 0 radical (unpaired) electrons. The highest BCUT2D eigenvalue weighted by atomic mass is 16.5. The molecule has 15 heteroatoms. The van der Waals surface area contributed by atoms with Gasteiger partial charge in [0.05, 0.1) is 33.0 Å². The molecule has 1 rings (SSSR count). The molecule has 3 N–H and O–H groups in total. The Labute approximate surface area is 282 Å². The van der Waals surface area contributed by atoms with Crippen LogP contribution in [0.4, 0.5) is 10.5 Å². The number of esters is 1. The first kappa shape index (κ1) is 41.8. The van der Waals surface area contributed by atoms with Gasteiger partial charge >= 0.3 is 12.1 Å². The number of carbonyl (C=O) groups excluding carboxylic acids is 5. The fraction of sp³-hybridized carbons (Fsp3) is 0.667. The fourth-order valence-electron chi connectivity index (χ4n) is 3.95. The van der Waals surface area contributed by atoms with Gasteiger partial charge in [0, 0.05) is 48.9 Å². The number of alkyl carbamates (subject to hydrolysis) is 1. The second-order valence-electron chi connectivity index (χ2n) is 12.8. The van der Waals surface area contributed by atoms with Crippen LogP contribution in [0, 0.1) is 17.3 Å². The van der Waals surface area contributed by atoms with E-state index < -0.39 is 24.0 Å². The van der Waals surface area contributed by atoms with E-state index in [-0.39, 0.29) is 81.2 Å². The van der Waals surface area contributed by atoms with Gasteiger partial charge in [0.25, 0.3) is 0 Å². The number of ether oxygens (including phenoxy) is 4. The summed E-state index contributed by atoms with van der Waals surface area (Å²) < 4.78 is 21.0. The number of benzene rings is 1. The van der Waals surface area contributed by atoms with Crippen LogP contribution < -0.4 is 16.0 Å². The minimum absolute atomic E-state index is 0.0101. The topological polar surface area (TPSA) is 207 Å². The van der Waals surface area contributed by atoms with E-state index in [9.17, 15) is 24.0 Å². The molecule has 268 valence electrons. The first-order valence-electron chi connectivity index (χ1n) is 16.2. The minimum atomic E-state index is -0.858. The summed E-state index contributed by atoms with van der Waals surface area (Å²) in [4.78, 5) is 64.6. The second kappa shape index (κ2) is 23.2. The molecule has 0 aliphatic carbocycles. The fourth-order valence-corrected chi connectivity index (χ4v) is 3.95. The van der Waals surface area contributed by atoms with Crippen LogP contribution in [0.3, 0.4) is 0 Å². The van der Waals surface area contributed by atoms with E-state index in [0.717, 1.165) is 0 Å². The number of Topliss-reactive ketones (excluding diaryl/α,β-unsaturated/α-hetero) is 1. The molecule has 0 bridgehead atoms. The Balaban J connectivity index is 2.38. The van der Waals surface area contributed by atoms with Crippen molar-refractivity contribution in [3.05, 3.63) is 40.3 Å². The van der Waals surface area contributed by atoms with Crippen molar-refractivity contribution >= 4 is 35.3 Å². The third-order valence-corrected chi connectivity index (χ3v) is 6.72. The number of carbonyl (C=O) groups is 5. The molecule has 3 amide bonds. The predicted octanol–water partition coefficient (Wildman–Crippen LogP) is 4.69. The summed E-state index contributed by atoms with van der Waals surface area (Å²) in [6, 6.07) is 5.84. The van der Waals surface area contributed by atoms with Gasteiger partial charge in [0.2, 0.25) is 11.8 Å². The Morgan fingerprint density at radius 2 is 1.56 bits per heavy atom. The van der Waals surface area contributed by atoms with E-state index in [4.69, 9.17) is 24.5 Å². The van der Waals surface area contributed by atoms with E-state index in [1.54, 1.807) is 31.2 Å². The maximum Gasteiger partial charge on any atom is 0.407 e. The van der Waals surface area contributed by atoms with E-state index in [1.165, 1.54) is 0 Å². The van der Waals surface area contributed by atoms with Gasteiger partial charge in [-0.15, -0.1) is 0 Å². The third kappa shape index (κ3) is 20.1. The van der Waals surface area contributed by atoms with Crippen molar-refractivity contribution in [2.24, 2.45) is 22.4 Å². The van der Waals surface area contributed by atoms with Crippen LogP contribution in [-0.2, 0) is 44.7 Å². The summed E-state index contributed by atoms with van der Waals surface area (Å²) in [5.74, 6) is -1.99. The Hall–Kier alpha value is -4.20. The average Bonchev–Trinajstić information content (AvgIpc) is 3.02. The van der Waals surface area contributed by atoms with Crippen molar-refractivity contribution < 1.29 is 42.9 Å². The van der Waals surface area contributed by atoms with Gasteiger partial charge in [-0.05, 0) is 47.9 Å². The van der Waals surface area contributed by atoms with E-state index >= 15 is 0 Å². The van der Waals surface area contributed by atoms with Gasteiger partial charge in [-0.3, -0.25) is 19.2 Å². The molecule has 0 spiro atoms. The molecule has 0 aliphatic rings. The SMILES string of the molecule is CC(C)[C@H](CC(=O)CCOCCOCCN=[N+]=[N-])C(=O)N[C@@H](C)C(=O)Nc1ccc(COC(=O)NCCCC(=O)OCC(C)(C)C)cc1. The molecule has 1 aromatic rings. The minimum Gasteiger partial charge on any atom is -0.465 e. The quantitative estimate of drug-likeness (QED) is 0.0482. The average molecular weight is 677 g/mol. The lowest BCUT2D eigenvalue weighted by Gasteiger charge is -2.22. The highest BCUT2D eigenvalue weighted by Crippen LogP contribution is 2.18. The molecule has 0 unspecified atom stereocenters. The van der Waals surface area contributed by atoms with Crippen LogP contribution in [0.2, 0.25) is 0 Å². The number of nitrogens with one attached hydrogen (secondary N) is 3. The van der Waals surface area contributed by atoms with Crippen LogP contribution in [0.25, 0.3) is 10.4 Å². The van der Waals surface area contributed by atoms with Crippen LogP contribution in [-0.4, -0.2) is 81.8 Å². The Kier molecular flexibility index (Phi) is 20.2. The summed E-state index contributed by atoms with van der Waals surface area (Å²) in [5.41, 5.74) is 9.29. The van der Waals surface area contributed by atoms with Gasteiger partial charge in [0.1, 0.15) is 18.4 Å². The Morgan fingerprint density at radius 3 is 2.19 bits per heavy atom. The van der Waals surface area contributed by atoms with Crippen LogP contribution >= 0.6 is 0 Å². The third-order valence-electron chi connectivity index (χ3n) is 6.72. The van der Waals surface area contributed by atoms with Crippen molar-refractivity contribution in [3.8, 4) is 0 Å². The number of amides is 3. The van der Waals surface area contributed by atoms with Crippen molar-refractivity contribution in [1.82, 2.24) is 10.6 Å². The lowest BCUT2D eigenvalue weighted by molar-refractivity contribution is -0.146. The molecule has 0 aliphatic heterocycles. The van der Waals surface area contributed by atoms with Crippen LogP contribution in [0.15, 0.2) is 29.4 Å². The number of hydrogen-bond acceptors (Lipinski definition) is 10. The molecule has 0 saturated heterocycles. The highest BCUT2D eigenvalue weighted by Gasteiger charge is 2.27. The molecule has 15 nitrogen and oxygen atoms in total. The molecule has 0 aromatic heterocycles. The number of rotatable bonds is 23. The molecule has 1 aromatic carbocycles. The molecular formula is C33H52N6O9. The molecule has 0 heterocycles. The maximum absolute atomic E-state index is 13.0. The van der Waals surface area contributed by atoms with Crippen molar-refractivity contribution in [2.75, 3.05) is 51.4 Å². The second-order valence-corrected chi connectivity index (χ2v) is 12.8. The van der Waals surface area contributed by atoms with Gasteiger partial charge in [-0.2, -0.15) is 0 Å². The van der Waals surface area contributed by atoms with E-state index in [1.807, 2.05) is 34.6 Å². The van der Waals surface area contributed by atoms with Gasteiger partial charge in [-0.1, -0.05) is 51.9 Å². The molecule has 0 saturated carbocycles. The zero-order valence-corrected chi connectivity index (χ0v) is 29.0. The normalized spacial score (nSPS) is 12.3. The summed E-state index contributed by atoms with van der Waals surface area (Å²) in [6.45, 7) is 13.1. The largest absolute Gasteiger partial charge is 0.465 e. The summed E-state index contributed by atoms with van der Waals surface area (Å²) in [5, 5.41) is 11.4. The first-order chi connectivity index (χ1) is 22.7. The zero-order chi connectivity index (χ0) is 36.0. The highest BCUT2D eigenvalue weighted by molar-refractivity contribution is 5.97. The van der Waals surface area contributed by atoms with E-state index in [0.29, 0.717) is 37.5 Å².